The number of hydrogen-bond acceptors (Lipinski definition) is 3. The third-order valence-corrected chi connectivity index (χ3v) is 2.14. The predicted octanol–water partition coefficient (Wildman–Crippen LogP) is 2.72. The molecular formula is C11H8F4O4. The SMILES string of the molecule is CCOC(=O)c1cc(C(F)(F)F)c(F)cc1C(=O)O. The van der Waals surface area contributed by atoms with Crippen LogP contribution >= 0.6 is 0 Å². The van der Waals surface area contributed by atoms with E-state index < -0.39 is 40.6 Å². The number of esters is 1. The number of carboxylic acid groups (broad SMARTS) is 1. The maximum absolute atomic E-state index is 13.2. The summed E-state index contributed by atoms with van der Waals surface area (Å²) in [5.41, 5.74) is -3.45. The molecule has 0 amide bonds. The number of aromatic carboxylic acids is 1. The third kappa shape index (κ3) is 3.21. The molecule has 0 aliphatic rings. The summed E-state index contributed by atoms with van der Waals surface area (Å²) in [6.45, 7) is 1.24. The molecular weight excluding hydrogens is 272 g/mol. The smallest absolute Gasteiger partial charge is 0.419 e. The fraction of sp³-hybridized carbons (Fsp3) is 0.273. The van der Waals surface area contributed by atoms with E-state index in [-0.39, 0.29) is 18.7 Å². The van der Waals surface area contributed by atoms with Gasteiger partial charge in [-0.1, -0.05) is 0 Å². The van der Waals surface area contributed by atoms with Gasteiger partial charge >= 0.3 is 18.1 Å². The van der Waals surface area contributed by atoms with Crippen molar-refractivity contribution in [3.05, 3.63) is 34.6 Å². The third-order valence-electron chi connectivity index (χ3n) is 2.14. The molecule has 1 rings (SSSR count). The topological polar surface area (TPSA) is 63.6 Å². The number of alkyl halides is 3. The number of hydrogen-bond donors (Lipinski definition) is 1. The van der Waals surface area contributed by atoms with Gasteiger partial charge in [0.05, 0.1) is 23.3 Å². The van der Waals surface area contributed by atoms with Crippen LogP contribution in [0.1, 0.15) is 33.2 Å². The molecule has 0 aliphatic carbocycles. The van der Waals surface area contributed by atoms with Crippen molar-refractivity contribution in [2.75, 3.05) is 6.61 Å². The van der Waals surface area contributed by atoms with Crippen molar-refractivity contribution < 1.29 is 37.0 Å². The standard InChI is InChI=1S/C11H8F4O4/c1-2-19-10(18)6-3-7(11(13,14)15)8(12)4-5(6)9(16)17/h3-4H,2H2,1H3,(H,16,17). The van der Waals surface area contributed by atoms with Crippen molar-refractivity contribution in [1.82, 2.24) is 0 Å². The molecule has 0 saturated carbocycles. The van der Waals surface area contributed by atoms with Crippen molar-refractivity contribution in [1.29, 1.82) is 0 Å². The van der Waals surface area contributed by atoms with Crippen LogP contribution in [-0.2, 0) is 10.9 Å². The van der Waals surface area contributed by atoms with Crippen molar-refractivity contribution in [3.63, 3.8) is 0 Å². The first-order valence-electron chi connectivity index (χ1n) is 4.99. The lowest BCUT2D eigenvalue weighted by Gasteiger charge is -2.12. The largest absolute Gasteiger partial charge is 0.478 e. The molecule has 104 valence electrons. The second-order valence-electron chi connectivity index (χ2n) is 3.40. The molecule has 0 atom stereocenters. The van der Waals surface area contributed by atoms with E-state index in [4.69, 9.17) is 5.11 Å². The zero-order chi connectivity index (χ0) is 14.8. The monoisotopic (exact) mass is 280 g/mol. The summed E-state index contributed by atoms with van der Waals surface area (Å²) in [6, 6.07) is 0.286. The van der Waals surface area contributed by atoms with Crippen LogP contribution in [0.3, 0.4) is 0 Å². The molecule has 0 saturated heterocycles. The van der Waals surface area contributed by atoms with Gasteiger partial charge in [0.2, 0.25) is 0 Å². The van der Waals surface area contributed by atoms with E-state index in [1.807, 2.05) is 0 Å². The van der Waals surface area contributed by atoms with Crippen molar-refractivity contribution in [2.24, 2.45) is 0 Å². The van der Waals surface area contributed by atoms with E-state index in [1.54, 1.807) is 0 Å². The molecule has 19 heavy (non-hydrogen) atoms. The summed E-state index contributed by atoms with van der Waals surface area (Å²) in [7, 11) is 0. The van der Waals surface area contributed by atoms with E-state index in [0.717, 1.165) is 0 Å². The molecule has 8 heteroatoms. The van der Waals surface area contributed by atoms with Crippen LogP contribution < -0.4 is 0 Å². The zero-order valence-electron chi connectivity index (χ0n) is 9.55. The van der Waals surface area contributed by atoms with E-state index >= 15 is 0 Å². The zero-order valence-corrected chi connectivity index (χ0v) is 9.55. The van der Waals surface area contributed by atoms with E-state index in [2.05, 4.69) is 4.74 Å². The minimum absolute atomic E-state index is 0.136. The Labute approximate surface area is 104 Å². The number of carbonyl (C=O) groups excluding carboxylic acids is 1. The molecule has 0 heterocycles. The maximum Gasteiger partial charge on any atom is 0.419 e. The number of benzene rings is 1. The minimum Gasteiger partial charge on any atom is -0.478 e. The first-order valence-corrected chi connectivity index (χ1v) is 4.99. The lowest BCUT2D eigenvalue weighted by Crippen LogP contribution is -2.16. The number of halogens is 4. The Morgan fingerprint density at radius 3 is 2.26 bits per heavy atom. The molecule has 0 bridgehead atoms. The predicted molar refractivity (Wildman–Crippen MR) is 54.3 cm³/mol. The second kappa shape index (κ2) is 5.25. The van der Waals surface area contributed by atoms with Gasteiger partial charge in [-0.25, -0.2) is 14.0 Å². The summed E-state index contributed by atoms with van der Waals surface area (Å²) < 4.78 is 55.0. The van der Waals surface area contributed by atoms with Gasteiger partial charge in [0.15, 0.2) is 0 Å². The van der Waals surface area contributed by atoms with Crippen molar-refractivity contribution >= 4 is 11.9 Å². The Kier molecular flexibility index (Phi) is 4.13. The summed E-state index contributed by atoms with van der Waals surface area (Å²) in [5, 5.41) is 8.75. The quantitative estimate of drug-likeness (QED) is 0.683. The van der Waals surface area contributed by atoms with Crippen LogP contribution in [0.5, 0.6) is 0 Å². The summed E-state index contributed by atoms with van der Waals surface area (Å²) in [6.07, 6.45) is -5.04. The first-order chi connectivity index (χ1) is 8.68. The van der Waals surface area contributed by atoms with E-state index in [1.165, 1.54) is 6.92 Å². The lowest BCUT2D eigenvalue weighted by atomic mass is 10.0. The van der Waals surface area contributed by atoms with Gasteiger partial charge in [0.25, 0.3) is 0 Å². The number of ether oxygens (including phenoxy) is 1. The molecule has 0 fully saturated rings. The Bertz CT molecular complexity index is 522. The highest BCUT2D eigenvalue weighted by molar-refractivity contribution is 6.02. The van der Waals surface area contributed by atoms with E-state index in [9.17, 15) is 27.2 Å². The van der Waals surface area contributed by atoms with Crippen LogP contribution in [0.25, 0.3) is 0 Å². The summed E-state index contributed by atoms with van der Waals surface area (Å²) in [5.74, 6) is -4.75. The molecule has 0 aliphatic heterocycles. The normalized spacial score (nSPS) is 11.2. The first kappa shape index (κ1) is 14.9. The van der Waals surface area contributed by atoms with Crippen LogP contribution in [-0.4, -0.2) is 23.7 Å². The summed E-state index contributed by atoms with van der Waals surface area (Å²) in [4.78, 5) is 22.2. The molecule has 0 aromatic heterocycles. The fourth-order valence-corrected chi connectivity index (χ4v) is 1.35. The minimum atomic E-state index is -5.04. The van der Waals surface area contributed by atoms with Crippen molar-refractivity contribution in [3.8, 4) is 0 Å². The van der Waals surface area contributed by atoms with E-state index in [0.29, 0.717) is 0 Å². The Hall–Kier alpha value is -2.12. The van der Waals surface area contributed by atoms with Gasteiger partial charge in [0, 0.05) is 0 Å². The molecule has 1 N–H and O–H groups in total. The molecule has 1 aromatic rings. The van der Waals surface area contributed by atoms with Crippen LogP contribution in [0.2, 0.25) is 0 Å². The van der Waals surface area contributed by atoms with Crippen LogP contribution in [0.4, 0.5) is 17.6 Å². The van der Waals surface area contributed by atoms with Gasteiger partial charge in [-0.2, -0.15) is 13.2 Å². The van der Waals surface area contributed by atoms with Crippen LogP contribution in [0.15, 0.2) is 12.1 Å². The van der Waals surface area contributed by atoms with Crippen molar-refractivity contribution in [2.45, 2.75) is 13.1 Å². The van der Waals surface area contributed by atoms with Gasteiger partial charge in [-0.15, -0.1) is 0 Å². The number of rotatable bonds is 3. The highest BCUT2D eigenvalue weighted by Crippen LogP contribution is 2.33. The lowest BCUT2D eigenvalue weighted by molar-refractivity contribution is -0.140. The van der Waals surface area contributed by atoms with Gasteiger partial charge in [-0.3, -0.25) is 0 Å². The maximum atomic E-state index is 13.2. The number of carbonyl (C=O) groups is 2. The molecule has 0 radical (unpaired) electrons. The average molecular weight is 280 g/mol. The summed E-state index contributed by atoms with van der Waals surface area (Å²) >= 11 is 0. The highest BCUT2D eigenvalue weighted by atomic mass is 19.4. The molecule has 0 spiro atoms. The van der Waals surface area contributed by atoms with Gasteiger partial charge < -0.3 is 9.84 Å². The Morgan fingerprint density at radius 1 is 1.26 bits per heavy atom. The molecule has 4 nitrogen and oxygen atoms in total. The van der Waals surface area contributed by atoms with Gasteiger partial charge in [0.1, 0.15) is 5.82 Å². The highest BCUT2D eigenvalue weighted by Gasteiger charge is 2.36. The Morgan fingerprint density at radius 2 is 1.84 bits per heavy atom. The Balaban J connectivity index is 3.49. The van der Waals surface area contributed by atoms with Gasteiger partial charge in [-0.05, 0) is 19.1 Å². The second-order valence-corrected chi connectivity index (χ2v) is 3.40. The number of carboxylic acids is 1. The average Bonchev–Trinajstić information content (AvgIpc) is 2.26. The molecule has 0 unspecified atom stereocenters. The van der Waals surface area contributed by atoms with Crippen LogP contribution in [0, 0.1) is 5.82 Å². The fourth-order valence-electron chi connectivity index (χ4n) is 1.35. The molecule has 1 aromatic carbocycles.